The van der Waals surface area contributed by atoms with E-state index in [0.717, 1.165) is 25.7 Å². The third-order valence-electron chi connectivity index (χ3n) is 1.57. The number of hydrogen-bond donors (Lipinski definition) is 1. The number of carbonyl (C=O) groups is 1. The highest BCUT2D eigenvalue weighted by atomic mass is 16.4. The molecule has 0 bridgehead atoms. The maximum Gasteiger partial charge on any atom is 0.331 e. The summed E-state index contributed by atoms with van der Waals surface area (Å²) in [6.45, 7) is 0. The molecule has 0 spiro atoms. The third kappa shape index (κ3) is 9.10. The van der Waals surface area contributed by atoms with Gasteiger partial charge in [-0.1, -0.05) is 6.08 Å². The van der Waals surface area contributed by atoms with Crippen molar-refractivity contribution >= 4 is 5.97 Å². The van der Waals surface area contributed by atoms with E-state index in [1.54, 1.807) is 0 Å². The van der Waals surface area contributed by atoms with Gasteiger partial charge in [-0.3, -0.25) is 0 Å². The van der Waals surface area contributed by atoms with Gasteiger partial charge in [-0.2, -0.15) is 0 Å². The zero-order valence-electron chi connectivity index (χ0n) is 7.76. The van der Waals surface area contributed by atoms with Crippen molar-refractivity contribution < 1.29 is 37.3 Å². The fraction of sp³-hybridized carbons (Fsp3) is 0.571. The molecular formula is C7H20O7. The zero-order valence-corrected chi connectivity index (χ0v) is 7.76. The highest BCUT2D eigenvalue weighted by Gasteiger charge is 2.08. The Bertz CT molecular complexity index is 154. The van der Waals surface area contributed by atoms with Gasteiger partial charge in [0, 0.05) is 5.57 Å². The maximum absolute atomic E-state index is 10.3. The van der Waals surface area contributed by atoms with Gasteiger partial charge in [0.15, 0.2) is 0 Å². The standard InChI is InChI=1S/C7H10O2.5H2O/c8-7(9)6-4-2-1-3-5-6;;;;;/h4H,1-3,5H2,(H,8,9);5*1H2. The Morgan fingerprint density at radius 3 is 1.79 bits per heavy atom. The molecule has 11 N–H and O–H groups in total. The second-order valence-corrected chi connectivity index (χ2v) is 2.28. The predicted octanol–water partition coefficient (Wildman–Crippen LogP) is -2.55. The van der Waals surface area contributed by atoms with Crippen molar-refractivity contribution in [3.8, 4) is 0 Å². The summed E-state index contributed by atoms with van der Waals surface area (Å²) in [5, 5.41) is 8.47. The van der Waals surface area contributed by atoms with Gasteiger partial charge in [-0.15, -0.1) is 0 Å². The smallest absolute Gasteiger partial charge is 0.331 e. The van der Waals surface area contributed by atoms with Crippen molar-refractivity contribution in [2.24, 2.45) is 0 Å². The number of allylic oxidation sites excluding steroid dienone is 1. The molecule has 0 amide bonds. The summed E-state index contributed by atoms with van der Waals surface area (Å²) in [4.78, 5) is 10.3. The first-order chi connectivity index (χ1) is 4.30. The first-order valence-electron chi connectivity index (χ1n) is 3.23. The van der Waals surface area contributed by atoms with Crippen molar-refractivity contribution in [3.05, 3.63) is 11.6 Å². The first-order valence-corrected chi connectivity index (χ1v) is 3.23. The van der Waals surface area contributed by atoms with E-state index in [2.05, 4.69) is 0 Å². The average Bonchev–Trinajstić information content (AvgIpc) is 1.90. The van der Waals surface area contributed by atoms with Gasteiger partial charge < -0.3 is 32.5 Å². The van der Waals surface area contributed by atoms with E-state index in [1.807, 2.05) is 6.08 Å². The fourth-order valence-electron chi connectivity index (χ4n) is 1.03. The predicted molar refractivity (Wildman–Crippen MR) is 52.3 cm³/mol. The van der Waals surface area contributed by atoms with Crippen LogP contribution in [0.5, 0.6) is 0 Å². The van der Waals surface area contributed by atoms with Gasteiger partial charge in [0.1, 0.15) is 0 Å². The van der Waals surface area contributed by atoms with E-state index >= 15 is 0 Å². The first kappa shape index (κ1) is 29.2. The van der Waals surface area contributed by atoms with Gasteiger partial charge in [0.05, 0.1) is 0 Å². The molecule has 14 heavy (non-hydrogen) atoms. The van der Waals surface area contributed by atoms with Crippen LogP contribution in [-0.4, -0.2) is 38.5 Å². The van der Waals surface area contributed by atoms with E-state index in [0.29, 0.717) is 5.57 Å². The average molecular weight is 216 g/mol. The Hall–Kier alpha value is -0.990. The van der Waals surface area contributed by atoms with Crippen molar-refractivity contribution in [1.82, 2.24) is 0 Å². The van der Waals surface area contributed by atoms with Crippen LogP contribution in [0.4, 0.5) is 0 Å². The molecule has 1 aliphatic carbocycles. The molecule has 1 rings (SSSR count). The van der Waals surface area contributed by atoms with Crippen LogP contribution < -0.4 is 0 Å². The molecule has 7 nitrogen and oxygen atoms in total. The van der Waals surface area contributed by atoms with Crippen LogP contribution in [0.1, 0.15) is 25.7 Å². The molecule has 0 saturated heterocycles. The number of hydrogen-bond acceptors (Lipinski definition) is 1. The third-order valence-corrected chi connectivity index (χ3v) is 1.57. The van der Waals surface area contributed by atoms with Crippen LogP contribution in [0.2, 0.25) is 0 Å². The normalized spacial score (nSPS) is 12.1. The lowest BCUT2D eigenvalue weighted by atomic mass is 10.0. The Labute approximate surface area is 81.6 Å². The molecule has 1 aliphatic rings. The molecule has 0 aliphatic heterocycles. The minimum Gasteiger partial charge on any atom is -0.478 e. The Kier molecular flexibility index (Phi) is 30.4. The van der Waals surface area contributed by atoms with Gasteiger partial charge >= 0.3 is 5.97 Å². The summed E-state index contributed by atoms with van der Waals surface area (Å²) >= 11 is 0. The summed E-state index contributed by atoms with van der Waals surface area (Å²) in [7, 11) is 0. The molecule has 0 saturated carbocycles. The largest absolute Gasteiger partial charge is 0.478 e. The van der Waals surface area contributed by atoms with E-state index in [9.17, 15) is 4.79 Å². The Morgan fingerprint density at radius 1 is 1.07 bits per heavy atom. The SMILES string of the molecule is O.O.O.O.O.O=C(O)C1=CCCCC1. The topological polar surface area (TPSA) is 195 Å². The highest BCUT2D eigenvalue weighted by molar-refractivity contribution is 5.86. The second kappa shape index (κ2) is 14.5. The molecule has 0 aromatic carbocycles. The number of rotatable bonds is 1. The minimum atomic E-state index is -0.741. The summed E-state index contributed by atoms with van der Waals surface area (Å²) in [5.41, 5.74) is 0.598. The maximum atomic E-state index is 10.3. The molecule has 7 heteroatoms. The molecule has 90 valence electrons. The van der Waals surface area contributed by atoms with Crippen LogP contribution in [0.3, 0.4) is 0 Å². The van der Waals surface area contributed by atoms with Gasteiger partial charge in [0.25, 0.3) is 0 Å². The summed E-state index contributed by atoms with van der Waals surface area (Å²) < 4.78 is 0. The molecule has 0 aromatic heterocycles. The lowest BCUT2D eigenvalue weighted by Gasteiger charge is -2.06. The summed E-state index contributed by atoms with van der Waals surface area (Å²) in [6, 6.07) is 0. The van der Waals surface area contributed by atoms with E-state index in [4.69, 9.17) is 5.11 Å². The quantitative estimate of drug-likeness (QED) is 0.504. The van der Waals surface area contributed by atoms with Crippen LogP contribution in [0, 0.1) is 0 Å². The second-order valence-electron chi connectivity index (χ2n) is 2.28. The zero-order chi connectivity index (χ0) is 6.69. The lowest BCUT2D eigenvalue weighted by Crippen LogP contribution is -2.03. The molecule has 0 unspecified atom stereocenters. The van der Waals surface area contributed by atoms with E-state index in [-0.39, 0.29) is 27.4 Å². The van der Waals surface area contributed by atoms with E-state index < -0.39 is 5.97 Å². The van der Waals surface area contributed by atoms with Crippen LogP contribution >= 0.6 is 0 Å². The molecule has 0 aromatic rings. The van der Waals surface area contributed by atoms with Gasteiger partial charge in [0.2, 0.25) is 0 Å². The van der Waals surface area contributed by atoms with Crippen molar-refractivity contribution in [3.63, 3.8) is 0 Å². The molecule has 0 fully saturated rings. The van der Waals surface area contributed by atoms with Crippen molar-refractivity contribution in [2.45, 2.75) is 25.7 Å². The van der Waals surface area contributed by atoms with Crippen LogP contribution in [0.25, 0.3) is 0 Å². The lowest BCUT2D eigenvalue weighted by molar-refractivity contribution is -0.132. The number of aliphatic carboxylic acids is 1. The number of carboxylic acids is 1. The van der Waals surface area contributed by atoms with Gasteiger partial charge in [-0.05, 0) is 25.7 Å². The molecule has 0 heterocycles. The molecule has 0 radical (unpaired) electrons. The number of carboxylic acid groups (broad SMARTS) is 1. The monoisotopic (exact) mass is 216 g/mol. The van der Waals surface area contributed by atoms with Crippen LogP contribution in [0.15, 0.2) is 11.6 Å². The van der Waals surface area contributed by atoms with Crippen molar-refractivity contribution in [1.29, 1.82) is 0 Å². The Balaban J connectivity index is -0.0000000540. The van der Waals surface area contributed by atoms with Crippen LogP contribution in [-0.2, 0) is 4.79 Å². The summed E-state index contributed by atoms with van der Waals surface area (Å²) in [5.74, 6) is -0.741. The molecular weight excluding hydrogens is 196 g/mol. The molecule has 0 atom stereocenters. The Morgan fingerprint density at radius 2 is 1.57 bits per heavy atom. The highest BCUT2D eigenvalue weighted by Crippen LogP contribution is 2.16. The minimum absolute atomic E-state index is 0. The van der Waals surface area contributed by atoms with Gasteiger partial charge in [-0.25, -0.2) is 4.79 Å². The fourth-order valence-corrected chi connectivity index (χ4v) is 1.03. The van der Waals surface area contributed by atoms with Crippen molar-refractivity contribution in [2.75, 3.05) is 0 Å². The van der Waals surface area contributed by atoms with E-state index in [1.165, 1.54) is 0 Å². The summed E-state index contributed by atoms with van der Waals surface area (Å²) in [6.07, 6.45) is 5.72.